The Morgan fingerprint density at radius 2 is 1.81 bits per heavy atom. The van der Waals surface area contributed by atoms with Gasteiger partial charge in [0.1, 0.15) is 23.7 Å². The Hall–Kier alpha value is -3.50. The number of hydrogen-bond acceptors (Lipinski definition) is 4. The lowest BCUT2D eigenvalue weighted by atomic mass is 10.1. The van der Waals surface area contributed by atoms with Crippen molar-refractivity contribution in [2.45, 2.75) is 0 Å². The van der Waals surface area contributed by atoms with Crippen LogP contribution in [0.4, 0.5) is 10.1 Å². The average Bonchev–Trinajstić information content (AvgIpc) is 2.66. The molecule has 134 valence electrons. The molecule has 3 rings (SSSR count). The van der Waals surface area contributed by atoms with Crippen LogP contribution in [-0.2, 0) is 9.59 Å². The summed E-state index contributed by atoms with van der Waals surface area (Å²) >= 11 is 5.09. The Morgan fingerprint density at radius 3 is 2.44 bits per heavy atom. The Balaban J connectivity index is 1.89. The van der Waals surface area contributed by atoms with Crippen LogP contribution in [0.15, 0.2) is 54.1 Å². The number of thiocarbonyl (C=S) groups is 1. The van der Waals surface area contributed by atoms with E-state index in [4.69, 9.17) is 23.4 Å². The number of rotatable bonds is 4. The van der Waals surface area contributed by atoms with Crippen molar-refractivity contribution in [1.82, 2.24) is 5.32 Å². The molecule has 0 aliphatic carbocycles. The Bertz CT molecular complexity index is 976. The molecular formula is C20H13FN2O3S. The van der Waals surface area contributed by atoms with Gasteiger partial charge in [-0.1, -0.05) is 18.1 Å². The largest absolute Gasteiger partial charge is 0.481 e. The van der Waals surface area contributed by atoms with E-state index in [2.05, 4.69) is 11.2 Å². The lowest BCUT2D eigenvalue weighted by molar-refractivity contribution is -0.122. The van der Waals surface area contributed by atoms with Crippen molar-refractivity contribution in [2.24, 2.45) is 0 Å². The Kier molecular flexibility index (Phi) is 5.29. The first-order chi connectivity index (χ1) is 13.0. The minimum absolute atomic E-state index is 0.0632. The van der Waals surface area contributed by atoms with Crippen molar-refractivity contribution in [2.75, 3.05) is 11.5 Å². The van der Waals surface area contributed by atoms with E-state index in [-0.39, 0.29) is 17.3 Å². The smallest absolute Gasteiger partial charge is 0.270 e. The molecule has 1 fully saturated rings. The first-order valence-electron chi connectivity index (χ1n) is 7.83. The molecule has 0 bridgehead atoms. The second kappa shape index (κ2) is 7.81. The fourth-order valence-electron chi connectivity index (χ4n) is 2.43. The molecule has 5 nitrogen and oxygen atoms in total. The SMILES string of the molecule is C#CCOc1ccc(C=C2C(=O)NC(=S)N(c3ccc(F)cc3)C2=O)cc1. The number of halogens is 1. The molecule has 0 unspecified atom stereocenters. The molecule has 0 saturated carbocycles. The molecular weight excluding hydrogens is 367 g/mol. The fourth-order valence-corrected chi connectivity index (χ4v) is 2.72. The van der Waals surface area contributed by atoms with Crippen molar-refractivity contribution in [3.63, 3.8) is 0 Å². The highest BCUT2D eigenvalue weighted by molar-refractivity contribution is 7.80. The van der Waals surface area contributed by atoms with Crippen molar-refractivity contribution < 1.29 is 18.7 Å². The first kappa shape index (κ1) is 18.3. The third-order valence-corrected chi connectivity index (χ3v) is 3.98. The zero-order valence-corrected chi connectivity index (χ0v) is 14.8. The summed E-state index contributed by atoms with van der Waals surface area (Å²) in [7, 11) is 0. The molecule has 0 aromatic heterocycles. The Labute approximate surface area is 160 Å². The third-order valence-electron chi connectivity index (χ3n) is 3.70. The van der Waals surface area contributed by atoms with Crippen LogP contribution in [0.2, 0.25) is 0 Å². The molecule has 1 saturated heterocycles. The molecule has 0 radical (unpaired) electrons. The van der Waals surface area contributed by atoms with Crippen LogP contribution in [0.5, 0.6) is 5.75 Å². The summed E-state index contributed by atoms with van der Waals surface area (Å²) in [4.78, 5) is 26.2. The Morgan fingerprint density at radius 1 is 1.15 bits per heavy atom. The average molecular weight is 380 g/mol. The number of amides is 2. The number of anilines is 1. The van der Waals surface area contributed by atoms with Crippen LogP contribution >= 0.6 is 12.2 Å². The van der Waals surface area contributed by atoms with E-state index in [0.717, 1.165) is 4.90 Å². The number of hydrogen-bond donors (Lipinski definition) is 1. The topological polar surface area (TPSA) is 58.6 Å². The first-order valence-corrected chi connectivity index (χ1v) is 8.24. The summed E-state index contributed by atoms with van der Waals surface area (Å²) in [6.07, 6.45) is 6.58. The predicted octanol–water partition coefficient (Wildman–Crippen LogP) is 2.67. The number of nitrogens with zero attached hydrogens (tertiary/aromatic N) is 1. The second-order valence-corrected chi connectivity index (χ2v) is 5.88. The summed E-state index contributed by atoms with van der Waals surface area (Å²) in [5.74, 6) is 1.30. The van der Waals surface area contributed by atoms with Gasteiger partial charge in [0.15, 0.2) is 5.11 Å². The van der Waals surface area contributed by atoms with Gasteiger partial charge in [0.2, 0.25) is 0 Å². The van der Waals surface area contributed by atoms with Crippen LogP contribution in [-0.4, -0.2) is 23.5 Å². The van der Waals surface area contributed by atoms with Crippen LogP contribution in [0, 0.1) is 18.2 Å². The van der Waals surface area contributed by atoms with E-state index in [0.29, 0.717) is 17.0 Å². The lowest BCUT2D eigenvalue weighted by Crippen LogP contribution is -2.54. The van der Waals surface area contributed by atoms with Gasteiger partial charge in [0.25, 0.3) is 11.8 Å². The zero-order chi connectivity index (χ0) is 19.4. The predicted molar refractivity (Wildman–Crippen MR) is 103 cm³/mol. The maximum absolute atomic E-state index is 13.1. The highest BCUT2D eigenvalue weighted by atomic mass is 32.1. The van der Waals surface area contributed by atoms with Gasteiger partial charge in [0.05, 0.1) is 5.69 Å². The van der Waals surface area contributed by atoms with E-state index in [1.54, 1.807) is 24.3 Å². The number of nitrogens with one attached hydrogen (secondary N) is 1. The number of carbonyl (C=O) groups is 2. The van der Waals surface area contributed by atoms with Gasteiger partial charge in [-0.05, 0) is 60.3 Å². The monoisotopic (exact) mass is 380 g/mol. The number of carbonyl (C=O) groups excluding carboxylic acids is 2. The molecule has 0 atom stereocenters. The molecule has 2 aromatic carbocycles. The summed E-state index contributed by atoms with van der Waals surface area (Å²) in [5, 5.41) is 2.41. The van der Waals surface area contributed by atoms with Gasteiger partial charge >= 0.3 is 0 Å². The number of terminal acetylenes is 1. The summed E-state index contributed by atoms with van der Waals surface area (Å²) < 4.78 is 18.4. The number of benzene rings is 2. The second-order valence-electron chi connectivity index (χ2n) is 5.50. The van der Waals surface area contributed by atoms with E-state index in [1.807, 2.05) is 0 Å². The summed E-state index contributed by atoms with van der Waals surface area (Å²) in [5.41, 5.74) is 0.883. The summed E-state index contributed by atoms with van der Waals surface area (Å²) in [6, 6.07) is 12.0. The zero-order valence-electron chi connectivity index (χ0n) is 13.9. The highest BCUT2D eigenvalue weighted by Crippen LogP contribution is 2.23. The summed E-state index contributed by atoms with van der Waals surface area (Å²) in [6.45, 7) is 0.144. The van der Waals surface area contributed by atoms with Gasteiger partial charge in [-0.2, -0.15) is 0 Å². The molecule has 1 heterocycles. The maximum atomic E-state index is 13.1. The molecule has 1 aliphatic rings. The van der Waals surface area contributed by atoms with Gasteiger partial charge in [-0.25, -0.2) is 4.39 Å². The van der Waals surface area contributed by atoms with E-state index in [1.165, 1.54) is 30.3 Å². The maximum Gasteiger partial charge on any atom is 0.270 e. The number of ether oxygens (including phenoxy) is 1. The molecule has 1 N–H and O–H groups in total. The van der Waals surface area contributed by atoms with Crippen LogP contribution in [0.25, 0.3) is 6.08 Å². The minimum atomic E-state index is -0.601. The van der Waals surface area contributed by atoms with Crippen molar-refractivity contribution in [3.05, 3.63) is 65.5 Å². The minimum Gasteiger partial charge on any atom is -0.481 e. The van der Waals surface area contributed by atoms with Gasteiger partial charge in [0, 0.05) is 0 Å². The molecule has 27 heavy (non-hydrogen) atoms. The van der Waals surface area contributed by atoms with E-state index in [9.17, 15) is 14.0 Å². The van der Waals surface area contributed by atoms with Crippen molar-refractivity contribution in [3.8, 4) is 18.1 Å². The van der Waals surface area contributed by atoms with Crippen molar-refractivity contribution >= 4 is 40.9 Å². The van der Waals surface area contributed by atoms with Crippen LogP contribution in [0.1, 0.15) is 5.56 Å². The van der Waals surface area contributed by atoms with Gasteiger partial charge < -0.3 is 4.74 Å². The van der Waals surface area contributed by atoms with Gasteiger partial charge in [-0.3, -0.25) is 19.8 Å². The molecule has 1 aliphatic heterocycles. The molecule has 0 spiro atoms. The quantitative estimate of drug-likeness (QED) is 0.384. The van der Waals surface area contributed by atoms with Crippen LogP contribution in [0.3, 0.4) is 0 Å². The molecule has 2 aromatic rings. The highest BCUT2D eigenvalue weighted by Gasteiger charge is 2.34. The third kappa shape index (κ3) is 4.02. The van der Waals surface area contributed by atoms with Gasteiger partial charge in [-0.15, -0.1) is 6.42 Å². The lowest BCUT2D eigenvalue weighted by Gasteiger charge is -2.28. The van der Waals surface area contributed by atoms with E-state index >= 15 is 0 Å². The van der Waals surface area contributed by atoms with E-state index < -0.39 is 17.6 Å². The fraction of sp³-hybridized carbons (Fsp3) is 0.0500. The normalized spacial score (nSPS) is 15.5. The standard InChI is InChI=1S/C20H13FN2O3S/c1-2-11-26-16-9-3-13(4-10-16)12-17-18(24)22-20(27)23(19(17)25)15-7-5-14(21)6-8-15/h1,3-10,12H,11H2,(H,22,24,27). The molecule has 7 heteroatoms. The molecule has 2 amide bonds. The van der Waals surface area contributed by atoms with Crippen molar-refractivity contribution in [1.29, 1.82) is 0 Å². The van der Waals surface area contributed by atoms with Crippen LogP contribution < -0.4 is 15.0 Å².